The zero-order valence-corrected chi connectivity index (χ0v) is 28.2. The van der Waals surface area contributed by atoms with E-state index in [9.17, 15) is 31.5 Å². The number of rotatable bonds is 16. The molecule has 4 radical (unpaired) electrons. The van der Waals surface area contributed by atoms with Crippen molar-refractivity contribution in [2.75, 3.05) is 19.6 Å². The summed E-state index contributed by atoms with van der Waals surface area (Å²) >= 11 is 0. The Morgan fingerprint density at radius 3 is 2.32 bits per heavy atom. The first-order chi connectivity index (χ1) is 21.8. The van der Waals surface area contributed by atoms with Crippen LogP contribution in [0, 0.1) is 24.7 Å². The number of pyridine rings is 1. The van der Waals surface area contributed by atoms with Crippen LogP contribution >= 0.6 is 0 Å². The van der Waals surface area contributed by atoms with E-state index in [-0.39, 0.29) is 35.0 Å². The third kappa shape index (κ3) is 10.4. The Kier molecular flexibility index (Phi) is 12.9. The average Bonchev–Trinajstić information content (AvgIpc) is 3.37. The zero-order valence-electron chi connectivity index (χ0n) is 28.2. The quantitative estimate of drug-likeness (QED) is 0.138. The number of hydrogen-bond acceptors (Lipinski definition) is 5. The third-order valence-corrected chi connectivity index (χ3v) is 9.18. The van der Waals surface area contributed by atoms with Gasteiger partial charge >= 0.3 is 6.18 Å². The molecule has 1 aliphatic rings. The lowest BCUT2D eigenvalue weighted by Gasteiger charge is -2.34. The van der Waals surface area contributed by atoms with Gasteiger partial charge in [-0.2, -0.15) is 13.2 Å². The maximum absolute atomic E-state index is 14.6. The van der Waals surface area contributed by atoms with E-state index in [1.54, 1.807) is 19.1 Å². The van der Waals surface area contributed by atoms with Crippen molar-refractivity contribution < 1.29 is 36.3 Å². The number of carbonyl (C=O) groups is 2. The van der Waals surface area contributed by atoms with E-state index in [4.69, 9.17) is 20.4 Å². The molecule has 0 amide bonds. The summed E-state index contributed by atoms with van der Waals surface area (Å²) < 4.78 is 75.2. The second-order valence-electron chi connectivity index (χ2n) is 13.3. The Morgan fingerprint density at radius 1 is 1.09 bits per heavy atom. The molecule has 0 aliphatic heterocycles. The van der Waals surface area contributed by atoms with E-state index in [1.165, 1.54) is 6.92 Å². The number of Topliss-reactive ketones (excluding diaryl/α,β-unsaturated/α-hetero) is 2. The van der Waals surface area contributed by atoms with E-state index in [1.807, 2.05) is 13.0 Å². The number of halogens is 5. The van der Waals surface area contributed by atoms with E-state index in [0.717, 1.165) is 36.9 Å². The predicted molar refractivity (Wildman–Crippen MR) is 174 cm³/mol. The molecular weight excluding hydrogens is 613 g/mol. The summed E-state index contributed by atoms with van der Waals surface area (Å²) in [6.07, 6.45) is -1.21. The van der Waals surface area contributed by atoms with Crippen molar-refractivity contribution in [1.82, 2.24) is 9.88 Å². The van der Waals surface area contributed by atoms with Crippen LogP contribution < -0.4 is 4.74 Å². The predicted octanol–water partition coefficient (Wildman–Crippen LogP) is 7.55. The summed E-state index contributed by atoms with van der Waals surface area (Å²) in [5.41, 5.74) is -0.967. The Bertz CT molecular complexity index is 1390. The number of alkyl halides is 5. The van der Waals surface area contributed by atoms with Crippen molar-refractivity contribution in [2.24, 2.45) is 17.8 Å². The van der Waals surface area contributed by atoms with Crippen LogP contribution in [0.15, 0.2) is 30.5 Å². The highest BCUT2D eigenvalue weighted by atomic mass is 19.4. The third-order valence-electron chi connectivity index (χ3n) is 9.18. The molecule has 1 heterocycles. The Morgan fingerprint density at radius 2 is 1.77 bits per heavy atom. The van der Waals surface area contributed by atoms with Crippen LogP contribution in [-0.4, -0.2) is 62.2 Å². The number of hydrogen-bond donors (Lipinski definition) is 0. The van der Waals surface area contributed by atoms with Gasteiger partial charge in [0, 0.05) is 36.4 Å². The molecule has 3 rings (SSSR count). The first-order valence-electron chi connectivity index (χ1n) is 16.3. The van der Waals surface area contributed by atoms with Crippen molar-refractivity contribution in [2.45, 2.75) is 103 Å². The summed E-state index contributed by atoms with van der Waals surface area (Å²) in [7, 11) is 11.9. The van der Waals surface area contributed by atoms with Gasteiger partial charge in [0.15, 0.2) is 0 Å². The van der Waals surface area contributed by atoms with Gasteiger partial charge in [0.05, 0.1) is 17.8 Å². The number of aromatic nitrogens is 1. The molecule has 254 valence electrons. The molecule has 47 heavy (non-hydrogen) atoms. The van der Waals surface area contributed by atoms with Crippen LogP contribution in [-0.2, 0) is 28.1 Å². The maximum atomic E-state index is 14.6. The van der Waals surface area contributed by atoms with Gasteiger partial charge in [-0.1, -0.05) is 32.4 Å². The lowest BCUT2D eigenvalue weighted by molar-refractivity contribution is -0.138. The van der Waals surface area contributed by atoms with E-state index < -0.39 is 41.0 Å². The largest absolute Gasteiger partial charge is 0.507 e. The molecule has 0 spiro atoms. The maximum Gasteiger partial charge on any atom is 0.417 e. The monoisotopic (exact) mass is 658 g/mol. The SMILES string of the molecule is [B]C([B])(C)Oc1cccc([C@@H]2C(C(=O)Cc3ncc(C(F)(F)F)cc3C(C)(F)F)CC[C@@H]2C(CC)CCN(CCC)CC(C)=O)c1C. The Balaban J connectivity index is 2.04. The number of carbonyl (C=O) groups excluding carboxylic acids is 2. The lowest BCUT2D eigenvalue weighted by Crippen LogP contribution is -2.34. The summed E-state index contributed by atoms with van der Waals surface area (Å²) in [6.45, 7) is 11.4. The number of ether oxygens (including phenoxy) is 1. The Labute approximate surface area is 278 Å². The highest BCUT2D eigenvalue weighted by Crippen LogP contribution is 2.51. The van der Waals surface area contributed by atoms with Crippen molar-refractivity contribution in [3.63, 3.8) is 0 Å². The average molecular weight is 658 g/mol. The van der Waals surface area contributed by atoms with E-state index in [2.05, 4.69) is 23.7 Å². The van der Waals surface area contributed by atoms with Gasteiger partial charge in [0.2, 0.25) is 0 Å². The molecule has 2 aromatic rings. The first-order valence-corrected chi connectivity index (χ1v) is 16.3. The second kappa shape index (κ2) is 15.6. The molecule has 0 N–H and O–H groups in total. The first kappa shape index (κ1) is 38.7. The normalized spacial score (nSPS) is 19.6. The van der Waals surface area contributed by atoms with Gasteiger partial charge in [-0.25, -0.2) is 8.78 Å². The van der Waals surface area contributed by atoms with Crippen LogP contribution in [0.2, 0.25) is 0 Å². The standard InChI is InChI=1S/C35H45B2F5N2O3/c1-7-15-44(20-21(3)45)16-14-23(8-2)26-12-13-27(32(26)25-10-9-11-31(22(25)4)47-34(6,36)37)30(46)18-29-28(33(5,38)39)17-24(19-43-29)35(40,41)42/h9-11,17,19,23,26-27,32H,7-8,12-16,18,20H2,1-6H3/t23?,26-,27?,32+/m1/s1. The van der Waals surface area contributed by atoms with Gasteiger partial charge in [-0.05, 0) is 101 Å². The molecule has 1 aromatic carbocycles. The Hall–Kier alpha value is -2.75. The topological polar surface area (TPSA) is 59.5 Å². The minimum atomic E-state index is -4.86. The van der Waals surface area contributed by atoms with Gasteiger partial charge in [0.1, 0.15) is 33.0 Å². The van der Waals surface area contributed by atoms with Crippen molar-refractivity contribution >= 4 is 27.3 Å². The van der Waals surface area contributed by atoms with Crippen LogP contribution in [0.1, 0.15) is 101 Å². The van der Waals surface area contributed by atoms with Gasteiger partial charge < -0.3 is 4.74 Å². The molecule has 12 heteroatoms. The molecule has 1 aromatic heterocycles. The minimum Gasteiger partial charge on any atom is -0.507 e. The molecule has 5 nitrogen and oxygen atoms in total. The highest BCUT2D eigenvalue weighted by molar-refractivity contribution is 6.38. The highest BCUT2D eigenvalue weighted by Gasteiger charge is 2.45. The van der Waals surface area contributed by atoms with Crippen LogP contribution in [0.3, 0.4) is 0 Å². The smallest absolute Gasteiger partial charge is 0.417 e. The molecule has 1 saturated carbocycles. The molecular formula is C35H45B2F5N2O3. The van der Waals surface area contributed by atoms with E-state index in [0.29, 0.717) is 50.9 Å². The molecule has 4 atom stereocenters. The summed E-state index contributed by atoms with van der Waals surface area (Å²) in [5, 5.41) is -1.46. The van der Waals surface area contributed by atoms with Crippen molar-refractivity contribution in [1.29, 1.82) is 0 Å². The van der Waals surface area contributed by atoms with Crippen LogP contribution in [0.25, 0.3) is 0 Å². The summed E-state index contributed by atoms with van der Waals surface area (Å²) in [6, 6.07) is 5.84. The fourth-order valence-electron chi connectivity index (χ4n) is 7.14. The van der Waals surface area contributed by atoms with Crippen molar-refractivity contribution in [3.8, 4) is 5.75 Å². The second-order valence-corrected chi connectivity index (χ2v) is 13.3. The molecule has 1 aliphatic carbocycles. The zero-order chi connectivity index (χ0) is 35.3. The van der Waals surface area contributed by atoms with E-state index >= 15 is 0 Å². The fraction of sp³-hybridized carbons (Fsp3) is 0.629. The van der Waals surface area contributed by atoms with Crippen molar-refractivity contribution in [3.05, 3.63) is 58.4 Å². The minimum absolute atomic E-state index is 0.0264. The molecule has 1 fully saturated rings. The molecule has 2 unspecified atom stereocenters. The van der Waals surface area contributed by atoms with Gasteiger partial charge in [-0.3, -0.25) is 19.5 Å². The number of benzene rings is 1. The fourth-order valence-corrected chi connectivity index (χ4v) is 7.14. The number of ketones is 2. The molecule has 0 bridgehead atoms. The summed E-state index contributed by atoms with van der Waals surface area (Å²) in [4.78, 5) is 31.9. The van der Waals surface area contributed by atoms with Gasteiger partial charge in [0.25, 0.3) is 5.92 Å². The molecule has 0 saturated heterocycles. The summed E-state index contributed by atoms with van der Waals surface area (Å²) in [5.74, 6) is -4.19. The lowest BCUT2D eigenvalue weighted by atomic mass is 9.67. The van der Waals surface area contributed by atoms with Crippen LogP contribution in [0.5, 0.6) is 5.75 Å². The van der Waals surface area contributed by atoms with Gasteiger partial charge in [-0.15, -0.1) is 0 Å². The number of nitrogens with zero attached hydrogens (tertiary/aromatic N) is 2. The van der Waals surface area contributed by atoms with Crippen LogP contribution in [0.4, 0.5) is 22.0 Å².